The smallest absolute Gasteiger partial charge is 0.269 e. The van der Waals surface area contributed by atoms with Crippen molar-refractivity contribution < 1.29 is 9.72 Å². The average Bonchev–Trinajstić information content (AvgIpc) is 3.05. The number of carbonyl (C=O) groups is 1. The normalized spacial score (nSPS) is 24.7. The van der Waals surface area contributed by atoms with Crippen molar-refractivity contribution in [2.45, 2.75) is 39.0 Å². The molecule has 1 unspecified atom stereocenters. The lowest BCUT2D eigenvalue weighted by atomic mass is 9.69. The number of nitrogens with zero attached hydrogens (tertiary/aromatic N) is 1. The maximum absolute atomic E-state index is 13.2. The molecule has 4 rings (SSSR count). The summed E-state index contributed by atoms with van der Waals surface area (Å²) in [6, 6.07) is 6.75. The van der Waals surface area contributed by atoms with E-state index in [4.69, 9.17) is 0 Å². The molecule has 0 saturated carbocycles. The van der Waals surface area contributed by atoms with Crippen LogP contribution in [0.3, 0.4) is 0 Å². The Labute approximate surface area is 150 Å². The summed E-state index contributed by atoms with van der Waals surface area (Å²) >= 11 is 1.76. The molecule has 5 nitrogen and oxygen atoms in total. The number of nitro groups is 1. The summed E-state index contributed by atoms with van der Waals surface area (Å²) in [5.74, 6) is 0.976. The van der Waals surface area contributed by atoms with Crippen LogP contribution >= 0.6 is 11.8 Å². The molecule has 0 amide bonds. The molecule has 0 radical (unpaired) electrons. The molecular formula is C19H20N2O3S. The van der Waals surface area contributed by atoms with Gasteiger partial charge in [0, 0.05) is 51.1 Å². The Morgan fingerprint density at radius 3 is 2.84 bits per heavy atom. The van der Waals surface area contributed by atoms with Crippen molar-refractivity contribution in [2.24, 2.45) is 5.41 Å². The van der Waals surface area contributed by atoms with E-state index in [-0.39, 0.29) is 27.7 Å². The fourth-order valence-corrected chi connectivity index (χ4v) is 5.20. The zero-order chi connectivity index (χ0) is 17.8. The highest BCUT2D eigenvalue weighted by molar-refractivity contribution is 8.03. The number of dihydropyridines is 1. The van der Waals surface area contributed by atoms with Crippen LogP contribution in [0.2, 0.25) is 0 Å². The topological polar surface area (TPSA) is 72.2 Å². The summed E-state index contributed by atoms with van der Waals surface area (Å²) in [6.07, 6.45) is 2.63. The van der Waals surface area contributed by atoms with Gasteiger partial charge in [0.1, 0.15) is 0 Å². The van der Waals surface area contributed by atoms with Gasteiger partial charge >= 0.3 is 0 Å². The Morgan fingerprint density at radius 2 is 2.08 bits per heavy atom. The van der Waals surface area contributed by atoms with Crippen LogP contribution < -0.4 is 5.32 Å². The van der Waals surface area contributed by atoms with Crippen molar-refractivity contribution in [3.63, 3.8) is 0 Å². The first-order valence-corrected chi connectivity index (χ1v) is 9.52. The van der Waals surface area contributed by atoms with E-state index in [9.17, 15) is 14.9 Å². The summed E-state index contributed by atoms with van der Waals surface area (Å²) in [5, 5.41) is 14.7. The number of nitro benzene ring substituents is 1. The fraction of sp³-hybridized carbons (Fsp3) is 0.421. The second kappa shape index (κ2) is 5.73. The first-order valence-electron chi connectivity index (χ1n) is 8.53. The zero-order valence-corrected chi connectivity index (χ0v) is 15.1. The molecule has 0 bridgehead atoms. The van der Waals surface area contributed by atoms with E-state index in [0.29, 0.717) is 0 Å². The zero-order valence-electron chi connectivity index (χ0n) is 14.3. The van der Waals surface area contributed by atoms with Crippen LogP contribution in [-0.4, -0.2) is 16.5 Å². The maximum atomic E-state index is 13.2. The van der Waals surface area contributed by atoms with Gasteiger partial charge in [-0.25, -0.2) is 0 Å². The van der Waals surface area contributed by atoms with Gasteiger partial charge in [-0.2, -0.15) is 0 Å². The first-order chi connectivity index (χ1) is 11.9. The number of carbonyl (C=O) groups excluding carboxylic acids is 1. The minimum Gasteiger partial charge on any atom is -0.361 e. The van der Waals surface area contributed by atoms with Gasteiger partial charge < -0.3 is 5.32 Å². The number of allylic oxidation sites excluding steroid dienone is 4. The van der Waals surface area contributed by atoms with Crippen molar-refractivity contribution in [3.8, 4) is 0 Å². The fourth-order valence-electron chi connectivity index (χ4n) is 3.93. The van der Waals surface area contributed by atoms with Gasteiger partial charge in [-0.3, -0.25) is 14.9 Å². The van der Waals surface area contributed by atoms with E-state index in [2.05, 4.69) is 5.32 Å². The largest absolute Gasteiger partial charge is 0.361 e. The van der Waals surface area contributed by atoms with E-state index in [1.54, 1.807) is 23.9 Å². The van der Waals surface area contributed by atoms with Crippen LogP contribution in [0.5, 0.6) is 0 Å². The second-order valence-electron chi connectivity index (χ2n) is 7.46. The van der Waals surface area contributed by atoms with Gasteiger partial charge in [0.15, 0.2) is 5.78 Å². The van der Waals surface area contributed by atoms with Crippen molar-refractivity contribution in [1.29, 1.82) is 0 Å². The van der Waals surface area contributed by atoms with Crippen molar-refractivity contribution in [1.82, 2.24) is 5.32 Å². The van der Waals surface area contributed by atoms with E-state index < -0.39 is 0 Å². The Bertz CT molecular complexity index is 854. The lowest BCUT2D eigenvalue weighted by Gasteiger charge is -2.39. The van der Waals surface area contributed by atoms with Crippen LogP contribution in [0.15, 0.2) is 46.1 Å². The summed E-state index contributed by atoms with van der Waals surface area (Å²) in [6.45, 7) is 3.99. The number of non-ortho nitro benzene ring substituents is 1. The van der Waals surface area contributed by atoms with Crippen molar-refractivity contribution >= 4 is 23.2 Å². The van der Waals surface area contributed by atoms with Gasteiger partial charge in [-0.05, 0) is 24.8 Å². The van der Waals surface area contributed by atoms with Crippen LogP contribution in [0.4, 0.5) is 5.69 Å². The minimum atomic E-state index is -0.388. The molecule has 1 atom stereocenters. The molecule has 0 aromatic heterocycles. The highest BCUT2D eigenvalue weighted by Crippen LogP contribution is 2.52. The number of rotatable bonds is 2. The Kier molecular flexibility index (Phi) is 3.76. The third kappa shape index (κ3) is 2.59. The number of nitrogens with one attached hydrogen (secondary N) is 1. The van der Waals surface area contributed by atoms with Gasteiger partial charge in [-0.15, -0.1) is 11.8 Å². The molecular weight excluding hydrogens is 336 g/mol. The number of hydrogen-bond donors (Lipinski definition) is 1. The number of ketones is 1. The van der Waals surface area contributed by atoms with E-state index >= 15 is 0 Å². The summed E-state index contributed by atoms with van der Waals surface area (Å²) < 4.78 is 0. The molecule has 1 N–H and O–H groups in total. The highest BCUT2D eigenvalue weighted by atomic mass is 32.2. The number of thioether (sulfide) groups is 1. The molecule has 0 spiro atoms. The monoisotopic (exact) mass is 356 g/mol. The van der Waals surface area contributed by atoms with Gasteiger partial charge in [0.2, 0.25) is 0 Å². The van der Waals surface area contributed by atoms with Crippen molar-refractivity contribution in [3.05, 3.63) is 61.8 Å². The molecule has 1 aromatic rings. The standard InChI is InChI=1S/C19H20N2O3S/c1-19(2)8-6-13-16(18(19)22)15(17-14(20-13)7-9-25-17)11-4-3-5-12(10-11)21(23)24/h3-5,10,15,20H,6-9H2,1-2H3. The van der Waals surface area contributed by atoms with Gasteiger partial charge in [-0.1, -0.05) is 26.0 Å². The van der Waals surface area contributed by atoms with Gasteiger partial charge in [0.25, 0.3) is 5.69 Å². The third-order valence-corrected chi connectivity index (χ3v) is 6.56. The highest BCUT2D eigenvalue weighted by Gasteiger charge is 2.44. The predicted octanol–water partition coefficient (Wildman–Crippen LogP) is 4.27. The summed E-state index contributed by atoms with van der Waals surface area (Å²) in [5.41, 5.74) is 3.54. The molecule has 2 heterocycles. The predicted molar refractivity (Wildman–Crippen MR) is 98.1 cm³/mol. The van der Waals surface area contributed by atoms with Gasteiger partial charge in [0.05, 0.1) is 4.92 Å². The Morgan fingerprint density at radius 1 is 1.28 bits per heavy atom. The summed E-state index contributed by atoms with van der Waals surface area (Å²) in [7, 11) is 0. The molecule has 2 aliphatic heterocycles. The van der Waals surface area contributed by atoms with E-state index in [1.165, 1.54) is 11.8 Å². The molecule has 3 aliphatic rings. The molecule has 0 fully saturated rings. The third-order valence-electron chi connectivity index (χ3n) is 5.36. The van der Waals surface area contributed by atoms with E-state index in [0.717, 1.165) is 46.8 Å². The molecule has 6 heteroatoms. The second-order valence-corrected chi connectivity index (χ2v) is 8.59. The molecule has 1 aromatic carbocycles. The molecule has 25 heavy (non-hydrogen) atoms. The van der Waals surface area contributed by atoms with Crippen molar-refractivity contribution in [2.75, 3.05) is 5.75 Å². The lowest BCUT2D eigenvalue weighted by Crippen LogP contribution is -2.38. The van der Waals surface area contributed by atoms with Crippen LogP contribution in [0.25, 0.3) is 0 Å². The number of hydrogen-bond acceptors (Lipinski definition) is 5. The number of Topliss-reactive ketones (excluding diaryl/α,β-unsaturated/α-hetero) is 1. The molecule has 0 saturated heterocycles. The molecule has 130 valence electrons. The van der Waals surface area contributed by atoms with Crippen LogP contribution in [0.1, 0.15) is 44.6 Å². The maximum Gasteiger partial charge on any atom is 0.269 e. The quantitative estimate of drug-likeness (QED) is 0.633. The lowest BCUT2D eigenvalue weighted by molar-refractivity contribution is -0.384. The van der Waals surface area contributed by atoms with Crippen LogP contribution in [-0.2, 0) is 4.79 Å². The number of benzene rings is 1. The minimum absolute atomic E-state index is 0.0749. The SMILES string of the molecule is CC1(C)CCC2=C(C1=O)C(c1cccc([N+](=O)[O-])c1)C1=C(CCS1)N2. The van der Waals surface area contributed by atoms with E-state index in [1.807, 2.05) is 19.9 Å². The average molecular weight is 356 g/mol. The Balaban J connectivity index is 1.88. The van der Waals surface area contributed by atoms with Crippen LogP contribution in [0, 0.1) is 15.5 Å². The molecule has 1 aliphatic carbocycles. The first kappa shape index (κ1) is 16.4. The summed E-state index contributed by atoms with van der Waals surface area (Å²) in [4.78, 5) is 25.2. The Hall–Kier alpha value is -2.08.